The molecule has 0 amide bonds. The van der Waals surface area contributed by atoms with Crippen LogP contribution in [0, 0.1) is 24.2 Å². The van der Waals surface area contributed by atoms with E-state index < -0.39 is 0 Å². The number of allylic oxidation sites excluding steroid dienone is 3. The number of ether oxygens (including phenoxy) is 1. The summed E-state index contributed by atoms with van der Waals surface area (Å²) in [6.45, 7) is 5.99. The Balaban J connectivity index is 0.00000220. The van der Waals surface area contributed by atoms with Crippen molar-refractivity contribution in [3.05, 3.63) is 59.6 Å². The van der Waals surface area contributed by atoms with Gasteiger partial charge in [0.25, 0.3) is 0 Å². The van der Waals surface area contributed by atoms with Gasteiger partial charge in [0.05, 0.1) is 11.6 Å². The maximum Gasteiger partial charge on any atom is 0.147 e. The first-order valence-electron chi connectivity index (χ1n) is 6.14. The number of nitrogens with zero attached hydrogens (tertiary/aromatic N) is 1. The van der Waals surface area contributed by atoms with Gasteiger partial charge in [0.2, 0.25) is 0 Å². The van der Waals surface area contributed by atoms with Crippen molar-refractivity contribution >= 4 is 5.70 Å². The maximum absolute atomic E-state index is 14.2. The zero-order chi connectivity index (χ0) is 14.7. The molecule has 1 radical (unpaired) electrons. The van der Waals surface area contributed by atoms with Crippen LogP contribution < -0.4 is 4.74 Å². The molecule has 0 bridgehead atoms. The molecule has 0 saturated carbocycles. The largest absolute Gasteiger partial charge is 0.493 e. The minimum Gasteiger partial charge on any atom is -0.493 e. The van der Waals surface area contributed by atoms with Gasteiger partial charge in [-0.3, -0.25) is 0 Å². The molecule has 0 spiro atoms. The molecule has 21 heavy (non-hydrogen) atoms. The molecule has 0 unspecified atom stereocenters. The summed E-state index contributed by atoms with van der Waals surface area (Å²) in [6.07, 6.45) is 10.0. The smallest absolute Gasteiger partial charge is 0.147 e. The van der Waals surface area contributed by atoms with Crippen LogP contribution in [0.4, 0.5) is 4.39 Å². The van der Waals surface area contributed by atoms with E-state index in [0.29, 0.717) is 17.0 Å². The van der Waals surface area contributed by atoms with Gasteiger partial charge in [-0.05, 0) is 23.4 Å². The molecule has 4 heteroatoms. The van der Waals surface area contributed by atoms with E-state index in [1.807, 2.05) is 14.0 Å². The summed E-state index contributed by atoms with van der Waals surface area (Å²) >= 11 is 0. The minimum atomic E-state index is -0.380. The molecule has 2 rings (SSSR count). The number of hydrogen-bond acceptors (Lipinski definition) is 2. The van der Waals surface area contributed by atoms with E-state index in [4.69, 9.17) is 11.2 Å². The third-order valence-electron chi connectivity index (χ3n) is 3.14. The van der Waals surface area contributed by atoms with E-state index in [1.54, 1.807) is 23.1 Å². The second kappa shape index (κ2) is 7.59. The summed E-state index contributed by atoms with van der Waals surface area (Å²) in [5, 5.41) is 0. The Bertz CT molecular complexity index is 655. The molecule has 0 atom stereocenters. The summed E-state index contributed by atoms with van der Waals surface area (Å²) in [5.41, 5.74) is 2.70. The fraction of sp³-hybridized carbons (Fsp3) is 0.176. The Morgan fingerprint density at radius 3 is 2.86 bits per heavy atom. The summed E-state index contributed by atoms with van der Waals surface area (Å²) in [6, 6.07) is 4.66. The molecule has 0 saturated heterocycles. The van der Waals surface area contributed by atoms with Crippen LogP contribution in [-0.2, 0) is 32.7 Å². The van der Waals surface area contributed by atoms with Crippen LogP contribution in [0.1, 0.15) is 12.5 Å². The third kappa shape index (κ3) is 3.64. The van der Waals surface area contributed by atoms with Gasteiger partial charge in [-0.2, -0.15) is 12.2 Å². The molecule has 0 N–H and O–H groups in total. The van der Waals surface area contributed by atoms with Crippen LogP contribution >= 0.6 is 0 Å². The summed E-state index contributed by atoms with van der Waals surface area (Å²) in [5.74, 6) is 2.40. The Kier molecular flexibility index (Phi) is 6.39. The van der Waals surface area contributed by atoms with Gasteiger partial charge in [0, 0.05) is 39.8 Å². The van der Waals surface area contributed by atoms with Crippen LogP contribution in [0.15, 0.2) is 42.1 Å². The van der Waals surface area contributed by atoms with Crippen molar-refractivity contribution in [1.29, 1.82) is 0 Å². The van der Waals surface area contributed by atoms with E-state index in [1.165, 1.54) is 6.07 Å². The van der Waals surface area contributed by atoms with Crippen molar-refractivity contribution in [2.75, 3.05) is 13.7 Å². The molecular formula is C17H15FNOY-. The fourth-order valence-corrected chi connectivity index (χ4v) is 1.97. The topological polar surface area (TPSA) is 12.5 Å². The molecule has 1 aromatic rings. The summed E-state index contributed by atoms with van der Waals surface area (Å²) < 4.78 is 19.6. The van der Waals surface area contributed by atoms with Gasteiger partial charge in [0.15, 0.2) is 0 Å². The number of hydrogen-bond donors (Lipinski definition) is 0. The van der Waals surface area contributed by atoms with E-state index in [2.05, 4.69) is 18.6 Å². The Morgan fingerprint density at radius 1 is 1.48 bits per heavy atom. The minimum absolute atomic E-state index is 0. The van der Waals surface area contributed by atoms with E-state index in [-0.39, 0.29) is 45.1 Å². The van der Waals surface area contributed by atoms with Crippen molar-refractivity contribution in [1.82, 2.24) is 4.90 Å². The normalized spacial score (nSPS) is 13.8. The molecular weight excluding hydrogens is 342 g/mol. The summed E-state index contributed by atoms with van der Waals surface area (Å²) in [4.78, 5) is 1.79. The standard InChI is InChI=1S/C17H15FNO.Y/c1-5-11-20-16-8-6-7-14(18)17(16)15-10-9-12(2)13(3)19(15)4;/h1,6-9H,3,11H2,2,4H3;/q-1;. The predicted molar refractivity (Wildman–Crippen MR) is 78.0 cm³/mol. The third-order valence-corrected chi connectivity index (χ3v) is 3.14. The molecule has 0 fully saturated rings. The van der Waals surface area contributed by atoms with Gasteiger partial charge in [-0.15, -0.1) is 12.0 Å². The van der Waals surface area contributed by atoms with Crippen LogP contribution in [0.25, 0.3) is 5.70 Å². The molecule has 1 aliphatic heterocycles. The van der Waals surface area contributed by atoms with Crippen LogP contribution in [0.2, 0.25) is 0 Å². The van der Waals surface area contributed by atoms with E-state index in [0.717, 1.165) is 11.3 Å². The van der Waals surface area contributed by atoms with Crippen molar-refractivity contribution in [3.8, 4) is 18.1 Å². The Hall–Kier alpha value is -1.37. The van der Waals surface area contributed by atoms with Gasteiger partial charge in [-0.25, -0.2) is 4.39 Å². The number of halogens is 1. The molecule has 2 nitrogen and oxygen atoms in total. The zero-order valence-corrected chi connectivity index (χ0v) is 15.0. The van der Waals surface area contributed by atoms with Crippen molar-refractivity contribution in [2.24, 2.45) is 0 Å². The molecule has 0 aromatic heterocycles. The number of terminal acetylenes is 1. The van der Waals surface area contributed by atoms with Crippen LogP contribution in [0.5, 0.6) is 5.75 Å². The van der Waals surface area contributed by atoms with Gasteiger partial charge in [0.1, 0.15) is 6.61 Å². The fourth-order valence-electron chi connectivity index (χ4n) is 1.97. The van der Waals surface area contributed by atoms with Gasteiger partial charge < -0.3 is 9.64 Å². The average molecular weight is 357 g/mol. The molecule has 105 valence electrons. The molecule has 1 aliphatic rings. The Labute approximate surface area is 150 Å². The predicted octanol–water partition coefficient (Wildman–Crippen LogP) is 3.38. The second-order valence-electron chi connectivity index (χ2n) is 4.43. The molecule has 1 heterocycles. The molecule has 0 aliphatic carbocycles. The number of benzene rings is 1. The monoisotopic (exact) mass is 357 g/mol. The van der Waals surface area contributed by atoms with Gasteiger partial charge >= 0.3 is 0 Å². The summed E-state index contributed by atoms with van der Waals surface area (Å²) in [7, 11) is 1.82. The number of rotatable bonds is 3. The quantitative estimate of drug-likeness (QED) is 0.608. The van der Waals surface area contributed by atoms with Crippen molar-refractivity contribution in [2.45, 2.75) is 6.92 Å². The number of likely N-dealkylation sites (N-methyl/N-ethyl adjacent to an activating group) is 1. The van der Waals surface area contributed by atoms with E-state index >= 15 is 0 Å². The van der Waals surface area contributed by atoms with Crippen LogP contribution in [0.3, 0.4) is 0 Å². The first-order chi connectivity index (χ1) is 9.56. The zero-order valence-electron chi connectivity index (χ0n) is 12.1. The Morgan fingerprint density at radius 2 is 2.19 bits per heavy atom. The first-order valence-corrected chi connectivity index (χ1v) is 6.14. The van der Waals surface area contributed by atoms with Gasteiger partial charge in [-0.1, -0.05) is 31.2 Å². The first kappa shape index (κ1) is 17.7. The van der Waals surface area contributed by atoms with Crippen molar-refractivity contribution in [3.63, 3.8) is 0 Å². The van der Waals surface area contributed by atoms with E-state index in [9.17, 15) is 4.39 Å². The van der Waals surface area contributed by atoms with Crippen LogP contribution in [-0.4, -0.2) is 18.6 Å². The average Bonchev–Trinajstić information content (AvgIpc) is 2.44. The maximum atomic E-state index is 14.2. The molecule has 1 aromatic carbocycles. The second-order valence-corrected chi connectivity index (χ2v) is 4.43. The van der Waals surface area contributed by atoms with Crippen molar-refractivity contribution < 1.29 is 41.8 Å². The SMILES string of the molecule is C#CCOc1cccc(F)c1C1=[C-]C=C(C)C(=C)N1C.[Y].